The number of rotatable bonds is 8. The summed E-state index contributed by atoms with van der Waals surface area (Å²) in [5, 5.41) is 0.357. The first-order chi connectivity index (χ1) is 10.5. The van der Waals surface area contributed by atoms with E-state index in [9.17, 15) is 0 Å². The lowest BCUT2D eigenvalue weighted by Gasteiger charge is -2.44. The average Bonchev–Trinajstić information content (AvgIpc) is 2.38. The topological polar surface area (TPSA) is 18.5 Å². The molecule has 0 aromatic rings. The lowest BCUT2D eigenvalue weighted by Crippen LogP contribution is -2.49. The minimum Gasteiger partial charge on any atom is -0.410 e. The van der Waals surface area contributed by atoms with Gasteiger partial charge in [-0.05, 0) is 36.3 Å². The van der Waals surface area contributed by atoms with Crippen LogP contribution in [0.1, 0.15) is 48.5 Å². The van der Waals surface area contributed by atoms with E-state index in [1.165, 1.54) is 0 Å². The highest BCUT2D eigenvalue weighted by Gasteiger charge is 2.43. The van der Waals surface area contributed by atoms with E-state index in [2.05, 4.69) is 87.8 Å². The quantitative estimate of drug-likeness (QED) is 0.346. The lowest BCUT2D eigenvalue weighted by molar-refractivity contribution is 0.0840. The summed E-state index contributed by atoms with van der Waals surface area (Å²) in [5.41, 5.74) is 0. The van der Waals surface area contributed by atoms with Gasteiger partial charge in [-0.3, -0.25) is 0 Å². The molecule has 0 aromatic carbocycles. The summed E-state index contributed by atoms with van der Waals surface area (Å²) in [6.07, 6.45) is 3.85. The molecule has 0 spiro atoms. The minimum absolute atomic E-state index is 0.0151. The van der Waals surface area contributed by atoms with Gasteiger partial charge in [-0.15, -0.1) is 13.2 Å². The van der Waals surface area contributed by atoms with Gasteiger partial charge in [-0.2, -0.15) is 0 Å². The summed E-state index contributed by atoms with van der Waals surface area (Å²) in [7, 11) is -3.71. The largest absolute Gasteiger partial charge is 0.410 e. The Balaban J connectivity index is 5.34. The van der Waals surface area contributed by atoms with Gasteiger partial charge in [0.15, 0.2) is 16.6 Å². The van der Waals surface area contributed by atoms with Crippen LogP contribution in [0.4, 0.5) is 0 Å². The van der Waals surface area contributed by atoms with Crippen molar-refractivity contribution in [2.45, 2.75) is 96.9 Å². The van der Waals surface area contributed by atoms with Crippen LogP contribution in [0, 0.1) is 5.92 Å². The third kappa shape index (κ3) is 5.97. The van der Waals surface area contributed by atoms with Crippen LogP contribution >= 0.6 is 0 Å². The van der Waals surface area contributed by atoms with E-state index in [1.807, 2.05) is 12.2 Å². The fourth-order valence-corrected chi connectivity index (χ4v) is 4.65. The van der Waals surface area contributed by atoms with E-state index >= 15 is 0 Å². The van der Waals surface area contributed by atoms with Gasteiger partial charge in [0.25, 0.3) is 0 Å². The Morgan fingerprint density at radius 2 is 0.958 bits per heavy atom. The minimum atomic E-state index is -1.86. The molecule has 0 radical (unpaired) electrons. The molecule has 0 fully saturated rings. The molecule has 0 unspecified atom stereocenters. The van der Waals surface area contributed by atoms with Crippen molar-refractivity contribution in [3.05, 3.63) is 25.3 Å². The van der Waals surface area contributed by atoms with Crippen molar-refractivity contribution in [3.63, 3.8) is 0 Å². The maximum Gasteiger partial charge on any atom is 0.192 e. The fraction of sp³-hybridized carbons (Fsp3) is 0.800. The Labute approximate surface area is 154 Å². The van der Waals surface area contributed by atoms with E-state index in [-0.39, 0.29) is 28.2 Å². The maximum absolute atomic E-state index is 6.60. The van der Waals surface area contributed by atoms with Crippen molar-refractivity contribution in [3.8, 4) is 0 Å². The predicted octanol–water partition coefficient (Wildman–Crippen LogP) is 6.78. The van der Waals surface area contributed by atoms with E-state index in [0.717, 1.165) is 0 Å². The molecule has 0 amide bonds. The number of hydrogen-bond acceptors (Lipinski definition) is 2. The van der Waals surface area contributed by atoms with Crippen LogP contribution in [0.15, 0.2) is 25.3 Å². The van der Waals surface area contributed by atoms with Crippen molar-refractivity contribution in [1.82, 2.24) is 0 Å². The van der Waals surface area contributed by atoms with Crippen LogP contribution in [-0.2, 0) is 8.85 Å². The molecule has 2 nitrogen and oxygen atoms in total. The Bertz CT molecular complexity index is 388. The fourth-order valence-electron chi connectivity index (χ4n) is 1.96. The summed E-state index contributed by atoms with van der Waals surface area (Å²) in [5.74, 6) is 0.197. The molecule has 0 aliphatic rings. The molecule has 0 heterocycles. The SMILES string of the molecule is C=C[C@@H](O[Si](C)(C)C(C)(C)C)C(C)[C@@H](C=C)O[Si](C)(C)C(C)(C)C. The summed E-state index contributed by atoms with van der Waals surface area (Å²) >= 11 is 0. The highest BCUT2D eigenvalue weighted by molar-refractivity contribution is 6.74. The third-order valence-electron chi connectivity index (χ3n) is 5.97. The van der Waals surface area contributed by atoms with Crippen molar-refractivity contribution in [2.75, 3.05) is 0 Å². The highest BCUT2D eigenvalue weighted by atomic mass is 28.4. The Morgan fingerprint density at radius 1 is 0.708 bits per heavy atom. The zero-order valence-electron chi connectivity index (χ0n) is 18.1. The first-order valence-electron chi connectivity index (χ1n) is 9.11. The number of hydrogen-bond donors (Lipinski definition) is 0. The van der Waals surface area contributed by atoms with Gasteiger partial charge in [0, 0.05) is 5.92 Å². The molecule has 0 aliphatic heterocycles. The molecular weight excluding hydrogens is 328 g/mol. The molecule has 0 N–H and O–H groups in total. The Hall–Kier alpha value is -0.166. The van der Waals surface area contributed by atoms with Gasteiger partial charge in [-0.1, -0.05) is 60.6 Å². The summed E-state index contributed by atoms with van der Waals surface area (Å²) in [6.45, 7) is 33.0. The van der Waals surface area contributed by atoms with Gasteiger partial charge < -0.3 is 8.85 Å². The summed E-state index contributed by atoms with van der Waals surface area (Å²) in [4.78, 5) is 0. The monoisotopic (exact) mass is 370 g/mol. The smallest absolute Gasteiger partial charge is 0.192 e. The van der Waals surface area contributed by atoms with Gasteiger partial charge >= 0.3 is 0 Å². The predicted molar refractivity (Wildman–Crippen MR) is 114 cm³/mol. The zero-order chi connectivity index (χ0) is 19.6. The Kier molecular flexibility index (Phi) is 7.97. The van der Waals surface area contributed by atoms with Crippen LogP contribution in [0.5, 0.6) is 0 Å². The first kappa shape index (κ1) is 23.8. The van der Waals surface area contributed by atoms with Gasteiger partial charge in [0.1, 0.15) is 0 Å². The summed E-state index contributed by atoms with van der Waals surface area (Å²) in [6, 6.07) is 0. The molecule has 4 heteroatoms. The zero-order valence-corrected chi connectivity index (χ0v) is 20.1. The highest BCUT2D eigenvalue weighted by Crippen LogP contribution is 2.41. The summed E-state index contributed by atoms with van der Waals surface area (Å²) < 4.78 is 13.2. The van der Waals surface area contributed by atoms with E-state index in [0.29, 0.717) is 0 Å². The second kappa shape index (κ2) is 8.02. The van der Waals surface area contributed by atoms with Crippen molar-refractivity contribution in [2.24, 2.45) is 5.92 Å². The van der Waals surface area contributed by atoms with Crippen molar-refractivity contribution >= 4 is 16.6 Å². The van der Waals surface area contributed by atoms with E-state index in [4.69, 9.17) is 8.85 Å². The van der Waals surface area contributed by atoms with Gasteiger partial charge in [-0.25, -0.2) is 0 Å². The first-order valence-corrected chi connectivity index (χ1v) is 14.9. The molecule has 142 valence electrons. The average molecular weight is 371 g/mol. The molecule has 0 saturated heterocycles. The molecule has 0 aliphatic carbocycles. The van der Waals surface area contributed by atoms with Crippen LogP contribution in [0.25, 0.3) is 0 Å². The Morgan fingerprint density at radius 3 is 1.12 bits per heavy atom. The van der Waals surface area contributed by atoms with Crippen molar-refractivity contribution < 1.29 is 8.85 Å². The van der Waals surface area contributed by atoms with Crippen LogP contribution in [0.3, 0.4) is 0 Å². The van der Waals surface area contributed by atoms with Crippen LogP contribution in [-0.4, -0.2) is 28.8 Å². The molecule has 24 heavy (non-hydrogen) atoms. The van der Waals surface area contributed by atoms with Crippen molar-refractivity contribution in [1.29, 1.82) is 0 Å². The maximum atomic E-state index is 6.60. The van der Waals surface area contributed by atoms with E-state index in [1.54, 1.807) is 0 Å². The second-order valence-electron chi connectivity index (χ2n) is 10.0. The third-order valence-corrected chi connectivity index (χ3v) is 14.9. The lowest BCUT2D eigenvalue weighted by atomic mass is 9.98. The molecular formula is C20H42O2Si2. The molecule has 0 aromatic heterocycles. The second-order valence-corrected chi connectivity index (χ2v) is 19.5. The molecule has 0 rings (SSSR count). The van der Waals surface area contributed by atoms with Crippen LogP contribution in [0.2, 0.25) is 36.3 Å². The van der Waals surface area contributed by atoms with E-state index < -0.39 is 16.6 Å². The molecule has 0 bridgehead atoms. The molecule has 2 atom stereocenters. The normalized spacial score (nSPS) is 16.8. The van der Waals surface area contributed by atoms with Crippen LogP contribution < -0.4 is 0 Å². The van der Waals surface area contributed by atoms with Gasteiger partial charge in [0.2, 0.25) is 0 Å². The van der Waals surface area contributed by atoms with Gasteiger partial charge in [0.05, 0.1) is 12.2 Å². The standard InChI is InChI=1S/C20H42O2Si2/c1-14-17(21-23(10,11)19(4,5)6)16(3)18(15-2)22-24(12,13)20(7,8)9/h14-18H,1-2H2,3-13H3/t17-,18-/m1/s1. The molecule has 0 saturated carbocycles.